The fourth-order valence-corrected chi connectivity index (χ4v) is 2.20. The van der Waals surface area contributed by atoms with Gasteiger partial charge in [0.1, 0.15) is 18.0 Å². The van der Waals surface area contributed by atoms with Gasteiger partial charge in [0.25, 0.3) is 0 Å². The number of benzene rings is 1. The lowest BCUT2D eigenvalue weighted by Crippen LogP contribution is -2.32. The lowest BCUT2D eigenvalue weighted by molar-refractivity contribution is -0.166. The smallest absolute Gasteiger partial charge is 0.320 e. The Balaban J connectivity index is 2.78. The summed E-state index contributed by atoms with van der Waals surface area (Å²) >= 11 is 0. The Bertz CT molecular complexity index is 594. The normalized spacial score (nSPS) is 12.4. The number of para-hydroxylation sites is 1. The molecule has 6 heteroatoms. The molecule has 0 bridgehead atoms. The minimum Gasteiger partial charge on any atom is -0.496 e. The van der Waals surface area contributed by atoms with E-state index < -0.39 is 29.8 Å². The molecule has 0 saturated heterocycles. The second kappa shape index (κ2) is 7.87. The first-order valence-electron chi connectivity index (χ1n) is 7.30. The first-order valence-corrected chi connectivity index (χ1v) is 7.30. The summed E-state index contributed by atoms with van der Waals surface area (Å²) in [5, 5.41) is 0. The summed E-state index contributed by atoms with van der Waals surface area (Å²) in [6.45, 7) is 4.55. The summed E-state index contributed by atoms with van der Waals surface area (Å²) in [6.07, 6.45) is -0.153. The zero-order valence-corrected chi connectivity index (χ0v) is 13.9. The molecule has 0 fully saturated rings. The number of ether oxygens (including phenoxy) is 2. The van der Waals surface area contributed by atoms with Crippen LogP contribution in [0.3, 0.4) is 0 Å². The highest BCUT2D eigenvalue weighted by Crippen LogP contribution is 2.33. The first kappa shape index (κ1) is 18.8. The van der Waals surface area contributed by atoms with E-state index in [1.54, 1.807) is 27.0 Å². The van der Waals surface area contributed by atoms with Crippen LogP contribution in [-0.4, -0.2) is 24.8 Å². The fraction of sp³-hybridized carbons (Fsp3) is 0.471. The van der Waals surface area contributed by atoms with Crippen molar-refractivity contribution in [1.29, 1.82) is 0 Å². The van der Waals surface area contributed by atoms with Gasteiger partial charge in [-0.15, -0.1) is 0 Å². The van der Waals surface area contributed by atoms with Crippen LogP contribution in [0.2, 0.25) is 0 Å². The minimum absolute atomic E-state index is 0.263. The molecular weight excluding hydrogens is 298 g/mol. The summed E-state index contributed by atoms with van der Waals surface area (Å²) in [5.41, 5.74) is 5.97. The highest BCUT2D eigenvalue weighted by atomic mass is 16.6. The topological polar surface area (TPSA) is 95.7 Å². The van der Waals surface area contributed by atoms with E-state index in [0.29, 0.717) is 5.75 Å². The van der Waals surface area contributed by atoms with Crippen molar-refractivity contribution in [2.24, 2.45) is 11.1 Å². The van der Waals surface area contributed by atoms with E-state index in [9.17, 15) is 14.4 Å². The third kappa shape index (κ3) is 5.49. The largest absolute Gasteiger partial charge is 0.496 e. The van der Waals surface area contributed by atoms with Crippen molar-refractivity contribution in [1.82, 2.24) is 0 Å². The minimum atomic E-state index is -0.979. The van der Waals surface area contributed by atoms with Gasteiger partial charge in [-0.05, 0) is 33.3 Å². The molecule has 6 nitrogen and oxygen atoms in total. The van der Waals surface area contributed by atoms with Crippen LogP contribution in [0.4, 0.5) is 0 Å². The zero-order chi connectivity index (χ0) is 17.6. The van der Waals surface area contributed by atoms with Crippen molar-refractivity contribution in [2.45, 2.75) is 39.7 Å². The van der Waals surface area contributed by atoms with Gasteiger partial charge in [-0.1, -0.05) is 18.2 Å². The van der Waals surface area contributed by atoms with Crippen LogP contribution in [0.1, 0.15) is 45.2 Å². The van der Waals surface area contributed by atoms with E-state index in [2.05, 4.69) is 0 Å². The van der Waals surface area contributed by atoms with E-state index in [1.165, 1.54) is 6.92 Å². The predicted molar refractivity (Wildman–Crippen MR) is 84.7 cm³/mol. The molecule has 0 aliphatic carbocycles. The van der Waals surface area contributed by atoms with Gasteiger partial charge in [-0.2, -0.15) is 0 Å². The average Bonchev–Trinajstić information content (AvgIpc) is 2.45. The second-order valence-corrected chi connectivity index (χ2v) is 6.08. The van der Waals surface area contributed by atoms with Crippen LogP contribution in [0.25, 0.3) is 0 Å². The summed E-state index contributed by atoms with van der Waals surface area (Å²) in [5.74, 6) is -1.27. The van der Waals surface area contributed by atoms with Crippen molar-refractivity contribution in [3.05, 3.63) is 29.8 Å². The highest BCUT2D eigenvalue weighted by molar-refractivity contribution is 5.99. The number of esters is 2. The monoisotopic (exact) mass is 321 g/mol. The van der Waals surface area contributed by atoms with Crippen molar-refractivity contribution >= 4 is 17.7 Å². The zero-order valence-electron chi connectivity index (χ0n) is 13.9. The molecule has 0 heterocycles. The van der Waals surface area contributed by atoms with Crippen LogP contribution < -0.4 is 10.5 Å². The Labute approximate surface area is 135 Å². The molecule has 1 aromatic rings. The molecule has 0 amide bonds. The molecule has 0 aromatic heterocycles. The fourth-order valence-electron chi connectivity index (χ4n) is 2.20. The van der Waals surface area contributed by atoms with Crippen LogP contribution in [0.15, 0.2) is 24.3 Å². The number of hydrogen-bond acceptors (Lipinski definition) is 6. The molecule has 0 radical (unpaired) electrons. The third-order valence-electron chi connectivity index (χ3n) is 3.42. The lowest BCUT2D eigenvalue weighted by atomic mass is 9.83. The van der Waals surface area contributed by atoms with Gasteiger partial charge in [-0.3, -0.25) is 14.4 Å². The standard InChI is InChI=1S/C17H23NO5/c1-11(19)9-15(20)23-16(21)17(2,3)10-13(18)12-7-5-6-8-14(12)22-4/h5-8,13H,9-10,18H2,1-4H3. The Morgan fingerprint density at radius 2 is 1.83 bits per heavy atom. The molecule has 0 aliphatic heterocycles. The van der Waals surface area contributed by atoms with Crippen molar-refractivity contribution in [3.63, 3.8) is 0 Å². The number of nitrogens with two attached hydrogens (primary N) is 1. The van der Waals surface area contributed by atoms with E-state index in [4.69, 9.17) is 15.2 Å². The number of hydrogen-bond donors (Lipinski definition) is 1. The summed E-state index contributed by atoms with van der Waals surface area (Å²) in [4.78, 5) is 34.5. The van der Waals surface area contributed by atoms with Crippen molar-refractivity contribution in [3.8, 4) is 5.75 Å². The van der Waals surface area contributed by atoms with Crippen LogP contribution >= 0.6 is 0 Å². The number of carbonyl (C=O) groups excluding carboxylic acids is 3. The van der Waals surface area contributed by atoms with Gasteiger partial charge >= 0.3 is 11.9 Å². The Morgan fingerprint density at radius 3 is 2.39 bits per heavy atom. The van der Waals surface area contributed by atoms with Gasteiger partial charge in [0, 0.05) is 11.6 Å². The molecule has 0 saturated carbocycles. The number of rotatable bonds is 7. The van der Waals surface area contributed by atoms with Gasteiger partial charge in [-0.25, -0.2) is 0 Å². The Hall–Kier alpha value is -2.21. The molecule has 23 heavy (non-hydrogen) atoms. The quantitative estimate of drug-likeness (QED) is 0.611. The van der Waals surface area contributed by atoms with Crippen LogP contribution in [0, 0.1) is 5.41 Å². The molecule has 1 unspecified atom stereocenters. The molecule has 0 aliphatic rings. The Kier molecular flexibility index (Phi) is 6.45. The van der Waals surface area contributed by atoms with Crippen molar-refractivity contribution < 1.29 is 23.9 Å². The maximum atomic E-state index is 12.1. The van der Waals surface area contributed by atoms with Gasteiger partial charge in [0.2, 0.25) is 0 Å². The molecular formula is C17H23NO5. The summed E-state index contributed by atoms with van der Waals surface area (Å²) in [7, 11) is 1.55. The second-order valence-electron chi connectivity index (χ2n) is 6.08. The SMILES string of the molecule is COc1ccccc1C(N)CC(C)(C)C(=O)OC(=O)CC(C)=O. The van der Waals surface area contributed by atoms with E-state index in [0.717, 1.165) is 5.56 Å². The van der Waals surface area contributed by atoms with Crippen molar-refractivity contribution in [2.75, 3.05) is 7.11 Å². The summed E-state index contributed by atoms with van der Waals surface area (Å²) < 4.78 is 10.00. The molecule has 2 N–H and O–H groups in total. The molecule has 1 atom stereocenters. The van der Waals surface area contributed by atoms with Gasteiger partial charge in [0.05, 0.1) is 12.5 Å². The number of ketones is 1. The Morgan fingerprint density at radius 1 is 1.22 bits per heavy atom. The van der Waals surface area contributed by atoms with E-state index >= 15 is 0 Å². The third-order valence-corrected chi connectivity index (χ3v) is 3.42. The first-order chi connectivity index (χ1) is 10.7. The maximum absolute atomic E-state index is 12.1. The molecule has 1 rings (SSSR count). The predicted octanol–water partition coefficient (Wildman–Crippen LogP) is 2.16. The number of Topliss-reactive ketones (excluding diaryl/α,β-unsaturated/α-hetero) is 1. The highest BCUT2D eigenvalue weighted by Gasteiger charge is 2.34. The molecule has 0 spiro atoms. The average molecular weight is 321 g/mol. The maximum Gasteiger partial charge on any atom is 0.320 e. The van der Waals surface area contributed by atoms with Gasteiger partial charge in [0.15, 0.2) is 0 Å². The lowest BCUT2D eigenvalue weighted by Gasteiger charge is -2.26. The summed E-state index contributed by atoms with van der Waals surface area (Å²) in [6, 6.07) is 6.81. The van der Waals surface area contributed by atoms with E-state index in [1.807, 2.05) is 18.2 Å². The van der Waals surface area contributed by atoms with E-state index in [-0.39, 0.29) is 12.2 Å². The van der Waals surface area contributed by atoms with Gasteiger partial charge < -0.3 is 15.2 Å². The van der Waals surface area contributed by atoms with Crippen LogP contribution in [0.5, 0.6) is 5.75 Å². The molecule has 126 valence electrons. The number of carbonyl (C=O) groups is 3. The van der Waals surface area contributed by atoms with Crippen LogP contribution in [-0.2, 0) is 19.1 Å². The number of methoxy groups -OCH3 is 1. The molecule has 1 aromatic carbocycles.